The van der Waals surface area contributed by atoms with Crippen LogP contribution in [-0.2, 0) is 30.8 Å². The number of sulfonamides is 1. The molecule has 0 unspecified atom stereocenters. The maximum atomic E-state index is 13.1. The minimum atomic E-state index is -3.72. The summed E-state index contributed by atoms with van der Waals surface area (Å²) in [6.45, 7) is 0.390. The molecule has 162 valence electrons. The van der Waals surface area contributed by atoms with Gasteiger partial charge in [-0.05, 0) is 55.2 Å². The van der Waals surface area contributed by atoms with Gasteiger partial charge in [-0.15, -0.1) is 0 Å². The molecule has 3 aliphatic heterocycles. The van der Waals surface area contributed by atoms with Crippen LogP contribution in [0.4, 0.5) is 11.4 Å². The standard InChI is InChI=1S/C22H22N2O6S/c25-21(19-17-9-10-18(30-17)20(19)22(26)27)23-14-5-7-15(8-6-14)31(28,29)24-12-11-13-3-1-2-4-16(13)24/h1-8,17-20H,9-12H2,(H,23,25)(H,26,27)/t17-,18-,19+,20-/m1/s1. The number of hydrogen-bond acceptors (Lipinski definition) is 5. The number of nitrogens with zero attached hydrogens (tertiary/aromatic N) is 1. The Kier molecular flexibility index (Phi) is 4.75. The molecule has 8 nitrogen and oxygen atoms in total. The van der Waals surface area contributed by atoms with Gasteiger partial charge in [0.25, 0.3) is 10.0 Å². The number of carbonyl (C=O) groups excluding carboxylic acids is 1. The van der Waals surface area contributed by atoms with Gasteiger partial charge < -0.3 is 15.2 Å². The molecule has 0 aromatic heterocycles. The number of amides is 1. The van der Waals surface area contributed by atoms with Gasteiger partial charge in [-0.3, -0.25) is 13.9 Å². The van der Waals surface area contributed by atoms with E-state index < -0.39 is 39.8 Å². The quantitative estimate of drug-likeness (QED) is 0.734. The lowest BCUT2D eigenvalue weighted by atomic mass is 9.78. The summed E-state index contributed by atoms with van der Waals surface area (Å²) in [4.78, 5) is 24.5. The summed E-state index contributed by atoms with van der Waals surface area (Å²) in [6, 6.07) is 13.4. The molecule has 3 heterocycles. The number of para-hydroxylation sites is 1. The Morgan fingerprint density at radius 2 is 1.68 bits per heavy atom. The van der Waals surface area contributed by atoms with Crippen molar-refractivity contribution in [1.82, 2.24) is 0 Å². The van der Waals surface area contributed by atoms with Crippen molar-refractivity contribution < 1.29 is 27.9 Å². The molecule has 3 aliphatic rings. The molecule has 2 aromatic carbocycles. The zero-order chi connectivity index (χ0) is 21.8. The molecule has 2 saturated heterocycles. The second kappa shape index (κ2) is 7.35. The summed E-state index contributed by atoms with van der Waals surface area (Å²) in [5, 5.41) is 12.2. The molecule has 2 N–H and O–H groups in total. The average Bonchev–Trinajstić information content (AvgIpc) is 3.48. The van der Waals surface area contributed by atoms with E-state index in [-0.39, 0.29) is 11.0 Å². The van der Waals surface area contributed by atoms with Crippen LogP contribution in [0.3, 0.4) is 0 Å². The van der Waals surface area contributed by atoms with E-state index >= 15 is 0 Å². The molecule has 2 bridgehead atoms. The first kappa shape index (κ1) is 20.0. The lowest BCUT2D eigenvalue weighted by Gasteiger charge is -2.24. The van der Waals surface area contributed by atoms with Crippen molar-refractivity contribution in [3.05, 3.63) is 54.1 Å². The summed E-state index contributed by atoms with van der Waals surface area (Å²) in [5.41, 5.74) is 2.10. The Morgan fingerprint density at radius 1 is 1.00 bits per heavy atom. The summed E-state index contributed by atoms with van der Waals surface area (Å²) >= 11 is 0. The van der Waals surface area contributed by atoms with Crippen LogP contribution in [0, 0.1) is 11.8 Å². The monoisotopic (exact) mass is 442 g/mol. The molecule has 1 amide bonds. The van der Waals surface area contributed by atoms with Crippen LogP contribution in [0.2, 0.25) is 0 Å². The van der Waals surface area contributed by atoms with Gasteiger partial charge in [0, 0.05) is 12.2 Å². The minimum absolute atomic E-state index is 0.133. The summed E-state index contributed by atoms with van der Waals surface area (Å²) < 4.78 is 33.2. The number of anilines is 2. The van der Waals surface area contributed by atoms with E-state index in [2.05, 4.69) is 5.32 Å². The zero-order valence-corrected chi connectivity index (χ0v) is 17.4. The third-order valence-electron chi connectivity index (χ3n) is 6.42. The van der Waals surface area contributed by atoms with Crippen molar-refractivity contribution >= 4 is 33.3 Å². The number of fused-ring (bicyclic) bond motifs is 3. The topological polar surface area (TPSA) is 113 Å². The largest absolute Gasteiger partial charge is 0.481 e. The first-order valence-corrected chi connectivity index (χ1v) is 11.7. The lowest BCUT2D eigenvalue weighted by Crippen LogP contribution is -2.40. The molecule has 0 saturated carbocycles. The molecule has 4 atom stereocenters. The second-order valence-electron chi connectivity index (χ2n) is 8.15. The predicted molar refractivity (Wildman–Crippen MR) is 112 cm³/mol. The van der Waals surface area contributed by atoms with E-state index in [1.54, 1.807) is 6.07 Å². The zero-order valence-electron chi connectivity index (χ0n) is 16.6. The van der Waals surface area contributed by atoms with Crippen molar-refractivity contribution in [2.45, 2.75) is 36.4 Å². The van der Waals surface area contributed by atoms with Gasteiger partial charge in [-0.1, -0.05) is 18.2 Å². The third kappa shape index (κ3) is 3.28. The maximum absolute atomic E-state index is 13.1. The molecule has 2 aromatic rings. The number of carboxylic acids is 1. The number of rotatable bonds is 5. The number of benzene rings is 2. The Balaban J connectivity index is 1.33. The smallest absolute Gasteiger partial charge is 0.310 e. The van der Waals surface area contributed by atoms with Gasteiger partial charge in [-0.25, -0.2) is 8.42 Å². The lowest BCUT2D eigenvalue weighted by molar-refractivity contribution is -0.147. The SMILES string of the molecule is O=C(Nc1ccc(S(=O)(=O)N2CCc3ccccc32)cc1)[C@@H]1[C@H](C(=O)O)[C@H]2CC[C@H]1O2. The van der Waals surface area contributed by atoms with E-state index in [4.69, 9.17) is 4.74 Å². The van der Waals surface area contributed by atoms with Gasteiger partial charge >= 0.3 is 5.97 Å². The van der Waals surface area contributed by atoms with Gasteiger partial charge in [0.15, 0.2) is 0 Å². The number of nitrogens with one attached hydrogen (secondary N) is 1. The molecule has 0 aliphatic carbocycles. The highest BCUT2D eigenvalue weighted by Crippen LogP contribution is 2.44. The van der Waals surface area contributed by atoms with Crippen molar-refractivity contribution in [3.63, 3.8) is 0 Å². The van der Waals surface area contributed by atoms with Crippen LogP contribution >= 0.6 is 0 Å². The van der Waals surface area contributed by atoms with E-state index in [0.29, 0.717) is 37.2 Å². The summed E-state index contributed by atoms with van der Waals surface area (Å²) in [5.74, 6) is -3.04. The van der Waals surface area contributed by atoms with Crippen LogP contribution in [0.15, 0.2) is 53.4 Å². The number of ether oxygens (including phenoxy) is 1. The molecule has 5 rings (SSSR count). The molecular formula is C22H22N2O6S. The second-order valence-corrected chi connectivity index (χ2v) is 10.0. The third-order valence-corrected chi connectivity index (χ3v) is 8.24. The Bertz CT molecular complexity index is 1150. The average molecular weight is 442 g/mol. The fourth-order valence-corrected chi connectivity index (χ4v) is 6.45. The normalized spacial score (nSPS) is 26.6. The highest BCUT2D eigenvalue weighted by molar-refractivity contribution is 7.92. The fourth-order valence-electron chi connectivity index (χ4n) is 4.95. The highest BCUT2D eigenvalue weighted by atomic mass is 32.2. The van der Waals surface area contributed by atoms with Gasteiger partial charge in [0.05, 0.1) is 34.6 Å². The number of carboxylic acid groups (broad SMARTS) is 1. The van der Waals surface area contributed by atoms with Crippen molar-refractivity contribution in [2.24, 2.45) is 11.8 Å². The Morgan fingerprint density at radius 3 is 2.39 bits per heavy atom. The maximum Gasteiger partial charge on any atom is 0.310 e. The number of carbonyl (C=O) groups is 2. The van der Waals surface area contributed by atoms with Gasteiger partial charge in [-0.2, -0.15) is 0 Å². The van der Waals surface area contributed by atoms with Crippen LogP contribution in [0.5, 0.6) is 0 Å². The van der Waals surface area contributed by atoms with Crippen molar-refractivity contribution in [2.75, 3.05) is 16.2 Å². The molecule has 9 heteroatoms. The Hall–Kier alpha value is -2.91. The molecule has 31 heavy (non-hydrogen) atoms. The molecular weight excluding hydrogens is 420 g/mol. The number of aliphatic carboxylic acids is 1. The van der Waals surface area contributed by atoms with E-state index in [1.807, 2.05) is 18.2 Å². The highest BCUT2D eigenvalue weighted by Gasteiger charge is 2.55. The van der Waals surface area contributed by atoms with E-state index in [9.17, 15) is 23.1 Å². The predicted octanol–water partition coefficient (Wildman–Crippen LogP) is 2.25. The van der Waals surface area contributed by atoms with Crippen LogP contribution in [0.1, 0.15) is 18.4 Å². The van der Waals surface area contributed by atoms with Crippen LogP contribution < -0.4 is 9.62 Å². The molecule has 2 fully saturated rings. The van der Waals surface area contributed by atoms with Gasteiger partial charge in [0.1, 0.15) is 0 Å². The van der Waals surface area contributed by atoms with E-state index in [1.165, 1.54) is 28.6 Å². The van der Waals surface area contributed by atoms with Crippen LogP contribution in [-0.4, -0.2) is 44.2 Å². The molecule has 0 spiro atoms. The van der Waals surface area contributed by atoms with Crippen molar-refractivity contribution in [1.29, 1.82) is 0 Å². The minimum Gasteiger partial charge on any atom is -0.481 e. The van der Waals surface area contributed by atoms with Crippen LogP contribution in [0.25, 0.3) is 0 Å². The molecule has 0 radical (unpaired) electrons. The number of hydrogen-bond donors (Lipinski definition) is 2. The summed E-state index contributed by atoms with van der Waals surface area (Å²) in [7, 11) is -3.72. The first-order valence-electron chi connectivity index (χ1n) is 10.3. The van der Waals surface area contributed by atoms with Gasteiger partial charge in [0.2, 0.25) is 5.91 Å². The fraction of sp³-hybridized carbons (Fsp3) is 0.364. The van der Waals surface area contributed by atoms with E-state index in [0.717, 1.165) is 5.56 Å². The first-order chi connectivity index (χ1) is 14.9. The summed E-state index contributed by atoms with van der Waals surface area (Å²) in [6.07, 6.45) is 1.17. The van der Waals surface area contributed by atoms with Crippen molar-refractivity contribution in [3.8, 4) is 0 Å². The Labute approximate surface area is 179 Å².